The minimum absolute atomic E-state index is 0.129. The van der Waals surface area contributed by atoms with Crippen molar-refractivity contribution in [2.75, 3.05) is 6.54 Å². The largest absolute Gasteiger partial charge is 0.444 e. The van der Waals surface area contributed by atoms with Crippen LogP contribution in [0.15, 0.2) is 10.6 Å². The maximum atomic E-state index is 11.6. The van der Waals surface area contributed by atoms with Crippen LogP contribution in [-0.4, -0.2) is 23.5 Å². The van der Waals surface area contributed by atoms with Gasteiger partial charge in [0.25, 0.3) is 0 Å². The van der Waals surface area contributed by atoms with Crippen LogP contribution >= 0.6 is 0 Å². The molecule has 1 amide bonds. The van der Waals surface area contributed by atoms with E-state index >= 15 is 0 Å². The fraction of sp³-hybridized carbons (Fsp3) is 0.500. The lowest BCUT2D eigenvalue weighted by Gasteiger charge is -2.16. The van der Waals surface area contributed by atoms with E-state index in [1.165, 1.54) is 0 Å². The molecule has 2 N–H and O–H groups in total. The van der Waals surface area contributed by atoms with Crippen LogP contribution in [0.4, 0.5) is 0 Å². The molecule has 0 spiro atoms. The Bertz CT molecular complexity index is 420. The maximum Gasteiger partial charge on any atom is 0.237 e. The topological polar surface area (TPSA) is 67.2 Å². The molecule has 0 fully saturated rings. The molecule has 1 heterocycles. The number of terminal acetylenes is 1. The Morgan fingerprint density at radius 2 is 2.35 bits per heavy atom. The monoisotopic (exact) mass is 235 g/mol. The van der Waals surface area contributed by atoms with Gasteiger partial charge in [-0.3, -0.25) is 10.1 Å². The van der Waals surface area contributed by atoms with Gasteiger partial charge in [-0.15, -0.1) is 6.42 Å². The summed E-state index contributed by atoms with van der Waals surface area (Å²) in [4.78, 5) is 15.7. The van der Waals surface area contributed by atoms with Crippen molar-refractivity contribution in [2.24, 2.45) is 0 Å². The van der Waals surface area contributed by atoms with E-state index in [-0.39, 0.29) is 24.5 Å². The van der Waals surface area contributed by atoms with Gasteiger partial charge in [0, 0.05) is 0 Å². The third-order valence-electron chi connectivity index (χ3n) is 2.27. The van der Waals surface area contributed by atoms with Gasteiger partial charge >= 0.3 is 0 Å². The Hall–Kier alpha value is -1.80. The van der Waals surface area contributed by atoms with Crippen LogP contribution in [-0.2, 0) is 4.79 Å². The first-order valence-corrected chi connectivity index (χ1v) is 5.44. The summed E-state index contributed by atoms with van der Waals surface area (Å²) in [5.74, 6) is 3.53. The Labute approximate surface area is 101 Å². The van der Waals surface area contributed by atoms with E-state index in [0.29, 0.717) is 5.89 Å². The van der Waals surface area contributed by atoms with Crippen LogP contribution in [0, 0.1) is 19.3 Å². The molecule has 2 atom stereocenters. The van der Waals surface area contributed by atoms with E-state index in [0.717, 1.165) is 5.76 Å². The molecule has 0 aliphatic carbocycles. The summed E-state index contributed by atoms with van der Waals surface area (Å²) in [5.41, 5.74) is 0. The van der Waals surface area contributed by atoms with Crippen LogP contribution in [0.3, 0.4) is 0 Å². The SMILES string of the molecule is C#CCNC(=O)C(C)NC(C)c1ncc(C)o1. The smallest absolute Gasteiger partial charge is 0.237 e. The highest BCUT2D eigenvalue weighted by molar-refractivity contribution is 5.81. The molecule has 0 aromatic carbocycles. The maximum absolute atomic E-state index is 11.6. The van der Waals surface area contributed by atoms with Gasteiger partial charge in [0.05, 0.1) is 24.8 Å². The van der Waals surface area contributed by atoms with E-state index in [9.17, 15) is 4.79 Å². The number of rotatable bonds is 5. The Kier molecular flexibility index (Phi) is 4.73. The molecular weight excluding hydrogens is 218 g/mol. The molecular formula is C12H17N3O2. The molecule has 0 radical (unpaired) electrons. The third-order valence-corrected chi connectivity index (χ3v) is 2.27. The first-order valence-electron chi connectivity index (χ1n) is 5.44. The molecule has 17 heavy (non-hydrogen) atoms. The Balaban J connectivity index is 2.48. The fourth-order valence-corrected chi connectivity index (χ4v) is 1.39. The molecule has 92 valence electrons. The number of aromatic nitrogens is 1. The molecule has 0 saturated carbocycles. The van der Waals surface area contributed by atoms with Crippen LogP contribution < -0.4 is 10.6 Å². The van der Waals surface area contributed by atoms with Crippen molar-refractivity contribution in [3.05, 3.63) is 17.8 Å². The van der Waals surface area contributed by atoms with Gasteiger partial charge in [-0.25, -0.2) is 4.98 Å². The minimum Gasteiger partial charge on any atom is -0.444 e. The molecule has 1 aromatic rings. The predicted octanol–water partition coefficient (Wildman–Crippen LogP) is 0.772. The van der Waals surface area contributed by atoms with Gasteiger partial charge in [0.15, 0.2) is 0 Å². The number of carbonyl (C=O) groups excluding carboxylic acids is 1. The van der Waals surface area contributed by atoms with Crippen molar-refractivity contribution in [1.82, 2.24) is 15.6 Å². The average Bonchev–Trinajstić information content (AvgIpc) is 2.72. The summed E-state index contributed by atoms with van der Waals surface area (Å²) in [7, 11) is 0. The highest BCUT2D eigenvalue weighted by Gasteiger charge is 2.18. The van der Waals surface area contributed by atoms with Gasteiger partial charge in [0.2, 0.25) is 11.8 Å². The summed E-state index contributed by atoms with van der Waals surface area (Å²) in [6.07, 6.45) is 6.71. The summed E-state index contributed by atoms with van der Waals surface area (Å²) < 4.78 is 5.37. The summed E-state index contributed by atoms with van der Waals surface area (Å²) in [5, 5.41) is 5.69. The summed E-state index contributed by atoms with van der Waals surface area (Å²) >= 11 is 0. The molecule has 1 rings (SSSR count). The molecule has 0 bridgehead atoms. The second kappa shape index (κ2) is 6.06. The van der Waals surface area contributed by atoms with Crippen LogP contribution in [0.1, 0.15) is 31.5 Å². The first-order chi connectivity index (χ1) is 8.04. The molecule has 5 nitrogen and oxygen atoms in total. The lowest BCUT2D eigenvalue weighted by Crippen LogP contribution is -2.43. The zero-order valence-electron chi connectivity index (χ0n) is 10.3. The second-order valence-electron chi connectivity index (χ2n) is 3.84. The molecule has 1 aromatic heterocycles. The number of nitrogens with zero attached hydrogens (tertiary/aromatic N) is 1. The van der Waals surface area contributed by atoms with Crippen LogP contribution in [0.5, 0.6) is 0 Å². The minimum atomic E-state index is -0.356. The molecule has 0 aliphatic rings. The number of hydrogen-bond donors (Lipinski definition) is 2. The number of nitrogens with one attached hydrogen (secondary N) is 2. The first kappa shape index (κ1) is 13.3. The third kappa shape index (κ3) is 3.93. The van der Waals surface area contributed by atoms with Crippen molar-refractivity contribution in [2.45, 2.75) is 32.9 Å². The fourth-order valence-electron chi connectivity index (χ4n) is 1.39. The lowest BCUT2D eigenvalue weighted by atomic mass is 10.2. The van der Waals surface area contributed by atoms with Gasteiger partial charge in [-0.05, 0) is 20.8 Å². The van der Waals surface area contributed by atoms with E-state index in [4.69, 9.17) is 10.8 Å². The molecule has 0 saturated heterocycles. The molecule has 2 unspecified atom stereocenters. The Morgan fingerprint density at radius 1 is 1.65 bits per heavy atom. The van der Waals surface area contributed by atoms with Gasteiger partial charge < -0.3 is 9.73 Å². The summed E-state index contributed by atoms with van der Waals surface area (Å²) in [6.45, 7) is 5.71. The number of aryl methyl sites for hydroxylation is 1. The normalized spacial score (nSPS) is 13.8. The van der Waals surface area contributed by atoms with E-state index in [1.54, 1.807) is 13.1 Å². The van der Waals surface area contributed by atoms with E-state index in [2.05, 4.69) is 21.5 Å². The van der Waals surface area contributed by atoms with Gasteiger partial charge in [-0.1, -0.05) is 5.92 Å². The highest BCUT2D eigenvalue weighted by Crippen LogP contribution is 2.12. The molecule has 5 heteroatoms. The number of oxazole rings is 1. The van der Waals surface area contributed by atoms with Gasteiger partial charge in [-0.2, -0.15) is 0 Å². The zero-order valence-corrected chi connectivity index (χ0v) is 10.3. The zero-order chi connectivity index (χ0) is 12.8. The average molecular weight is 235 g/mol. The van der Waals surface area contributed by atoms with Crippen molar-refractivity contribution in [1.29, 1.82) is 0 Å². The van der Waals surface area contributed by atoms with Crippen molar-refractivity contribution in [3.63, 3.8) is 0 Å². The lowest BCUT2D eigenvalue weighted by molar-refractivity contribution is -0.122. The van der Waals surface area contributed by atoms with Crippen molar-refractivity contribution in [3.8, 4) is 12.3 Å². The Morgan fingerprint density at radius 3 is 2.88 bits per heavy atom. The molecule has 0 aliphatic heterocycles. The number of carbonyl (C=O) groups is 1. The van der Waals surface area contributed by atoms with Crippen molar-refractivity contribution >= 4 is 5.91 Å². The van der Waals surface area contributed by atoms with Crippen LogP contribution in [0.2, 0.25) is 0 Å². The predicted molar refractivity (Wildman–Crippen MR) is 64.1 cm³/mol. The number of hydrogen-bond acceptors (Lipinski definition) is 4. The van der Waals surface area contributed by atoms with Crippen LogP contribution in [0.25, 0.3) is 0 Å². The standard InChI is InChI=1S/C12H17N3O2/c1-5-6-13-11(16)9(3)15-10(4)12-14-7-8(2)17-12/h1,7,9-10,15H,6H2,2-4H3,(H,13,16). The highest BCUT2D eigenvalue weighted by atomic mass is 16.4. The summed E-state index contributed by atoms with van der Waals surface area (Å²) in [6, 6.07) is -0.485. The van der Waals surface area contributed by atoms with Crippen molar-refractivity contribution < 1.29 is 9.21 Å². The second-order valence-corrected chi connectivity index (χ2v) is 3.84. The number of amides is 1. The van der Waals surface area contributed by atoms with E-state index < -0.39 is 0 Å². The quantitative estimate of drug-likeness (QED) is 0.740. The van der Waals surface area contributed by atoms with Gasteiger partial charge in [0.1, 0.15) is 5.76 Å². The van der Waals surface area contributed by atoms with E-state index in [1.807, 2.05) is 13.8 Å².